The van der Waals surface area contributed by atoms with Crippen LogP contribution in [0.25, 0.3) is 0 Å². The summed E-state index contributed by atoms with van der Waals surface area (Å²) < 4.78 is 6.30. The van der Waals surface area contributed by atoms with Crippen molar-refractivity contribution in [1.82, 2.24) is 0 Å². The molecule has 0 amide bonds. The highest BCUT2D eigenvalue weighted by Gasteiger charge is 2.01. The van der Waals surface area contributed by atoms with Crippen molar-refractivity contribution < 1.29 is 4.74 Å². The van der Waals surface area contributed by atoms with E-state index in [2.05, 4.69) is 20.9 Å². The monoisotopic (exact) mass is 290 g/mol. The third kappa shape index (κ3) is 3.72. The van der Waals surface area contributed by atoms with E-state index >= 15 is 0 Å². The highest BCUT2D eigenvalue weighted by molar-refractivity contribution is 9.10. The van der Waals surface area contributed by atoms with Gasteiger partial charge in [0.15, 0.2) is 0 Å². The van der Waals surface area contributed by atoms with Gasteiger partial charge in [0, 0.05) is 6.07 Å². The summed E-state index contributed by atoms with van der Waals surface area (Å²) in [5, 5.41) is 0. The summed E-state index contributed by atoms with van der Waals surface area (Å²) in [5.41, 5.74) is 6.27. The molecule has 0 aliphatic heterocycles. The van der Waals surface area contributed by atoms with E-state index in [4.69, 9.17) is 22.1 Å². The molecule has 1 aromatic rings. The first-order valence-corrected chi connectivity index (χ1v) is 5.81. The summed E-state index contributed by atoms with van der Waals surface area (Å²) in [4.78, 5) is 4.12. The molecule has 0 atom stereocenters. The predicted molar refractivity (Wildman–Crippen MR) is 67.3 cm³/mol. The number of nitrogens with two attached hydrogens (primary N) is 1. The van der Waals surface area contributed by atoms with Crippen molar-refractivity contribution >= 4 is 39.1 Å². The van der Waals surface area contributed by atoms with Crippen LogP contribution in [0.4, 0.5) is 5.69 Å². The van der Waals surface area contributed by atoms with E-state index in [0.29, 0.717) is 12.4 Å². The van der Waals surface area contributed by atoms with E-state index in [1.165, 1.54) is 0 Å². The average molecular weight is 292 g/mol. The van der Waals surface area contributed by atoms with Gasteiger partial charge in [-0.2, -0.15) is 0 Å². The molecule has 0 fully saturated rings. The molecule has 0 saturated carbocycles. The van der Waals surface area contributed by atoms with E-state index in [1.807, 2.05) is 25.1 Å². The maximum Gasteiger partial charge on any atom is 0.135 e. The predicted octanol–water partition coefficient (Wildman–Crippen LogP) is 3.08. The maximum atomic E-state index is 5.54. The lowest BCUT2D eigenvalue weighted by molar-refractivity contribution is 0.338. The minimum Gasteiger partial charge on any atom is -0.493 e. The first-order valence-electron chi connectivity index (χ1n) is 4.48. The van der Waals surface area contributed by atoms with Gasteiger partial charge in [0.1, 0.15) is 11.6 Å². The summed E-state index contributed by atoms with van der Waals surface area (Å²) in [6.07, 6.45) is 0. The highest BCUT2D eigenvalue weighted by Crippen LogP contribution is 2.29. The van der Waals surface area contributed by atoms with E-state index in [0.717, 1.165) is 15.9 Å². The van der Waals surface area contributed by atoms with Gasteiger partial charge in [0.05, 0.1) is 22.6 Å². The van der Waals surface area contributed by atoms with Gasteiger partial charge in [-0.05, 0) is 35.0 Å². The topological polar surface area (TPSA) is 47.6 Å². The molecule has 5 heteroatoms. The molecule has 0 heterocycles. The molecular weight excluding hydrogens is 279 g/mol. The van der Waals surface area contributed by atoms with E-state index in [1.54, 1.807) is 0 Å². The number of rotatable bonds is 4. The third-order valence-corrected chi connectivity index (χ3v) is 2.55. The van der Waals surface area contributed by atoms with Crippen molar-refractivity contribution in [3.05, 3.63) is 22.7 Å². The fourth-order valence-corrected chi connectivity index (χ4v) is 1.44. The fourth-order valence-electron chi connectivity index (χ4n) is 1.02. The number of hydrogen-bond donors (Lipinski definition) is 1. The molecule has 3 nitrogen and oxygen atoms in total. The van der Waals surface area contributed by atoms with Crippen LogP contribution in [0.15, 0.2) is 27.7 Å². The zero-order chi connectivity index (χ0) is 11.3. The number of alkyl halides is 1. The summed E-state index contributed by atoms with van der Waals surface area (Å²) in [6, 6.07) is 5.52. The van der Waals surface area contributed by atoms with Crippen molar-refractivity contribution in [1.29, 1.82) is 0 Å². The smallest absolute Gasteiger partial charge is 0.135 e. The Hall–Kier alpha value is -0.740. The van der Waals surface area contributed by atoms with Crippen LogP contribution in [0.2, 0.25) is 0 Å². The SMILES string of the molecule is CCOc1cc(N=C(N)CCl)ccc1Br. The van der Waals surface area contributed by atoms with E-state index in [9.17, 15) is 0 Å². The zero-order valence-corrected chi connectivity index (χ0v) is 10.7. The van der Waals surface area contributed by atoms with Gasteiger partial charge in [-0.1, -0.05) is 0 Å². The normalized spacial score (nSPS) is 11.5. The lowest BCUT2D eigenvalue weighted by Crippen LogP contribution is -2.12. The highest BCUT2D eigenvalue weighted by atomic mass is 79.9. The number of halogens is 2. The molecule has 0 bridgehead atoms. The molecule has 0 radical (unpaired) electrons. The second-order valence-corrected chi connectivity index (χ2v) is 3.91. The van der Waals surface area contributed by atoms with Crippen LogP contribution in [0.5, 0.6) is 5.75 Å². The number of benzene rings is 1. The molecule has 82 valence electrons. The van der Waals surface area contributed by atoms with Crippen molar-refractivity contribution in [2.75, 3.05) is 12.5 Å². The first-order chi connectivity index (χ1) is 7.17. The van der Waals surface area contributed by atoms with Crippen molar-refractivity contribution in [3.63, 3.8) is 0 Å². The molecule has 0 aromatic heterocycles. The standard InChI is InChI=1S/C10H12BrClN2O/c1-2-15-9-5-7(3-4-8(9)11)14-10(13)6-12/h3-5H,2,6H2,1H3,(H2,13,14). The lowest BCUT2D eigenvalue weighted by Gasteiger charge is -2.06. The Balaban J connectivity index is 2.97. The second-order valence-electron chi connectivity index (χ2n) is 2.78. The van der Waals surface area contributed by atoms with Crippen LogP contribution in [-0.4, -0.2) is 18.3 Å². The first kappa shape index (κ1) is 12.3. The van der Waals surface area contributed by atoms with Crippen LogP contribution in [-0.2, 0) is 0 Å². The molecular formula is C10H12BrClN2O. The molecule has 0 spiro atoms. The third-order valence-electron chi connectivity index (χ3n) is 1.62. The second kappa shape index (κ2) is 5.98. The van der Waals surface area contributed by atoms with E-state index < -0.39 is 0 Å². The molecule has 15 heavy (non-hydrogen) atoms. The van der Waals surface area contributed by atoms with Gasteiger partial charge >= 0.3 is 0 Å². The number of nitrogens with zero attached hydrogens (tertiary/aromatic N) is 1. The Morgan fingerprint density at radius 2 is 2.33 bits per heavy atom. The van der Waals surface area contributed by atoms with Crippen molar-refractivity contribution in [2.45, 2.75) is 6.92 Å². The van der Waals surface area contributed by atoms with Crippen molar-refractivity contribution in [3.8, 4) is 5.75 Å². The molecule has 0 aliphatic rings. The van der Waals surface area contributed by atoms with Crippen LogP contribution in [0.1, 0.15) is 6.92 Å². The number of amidine groups is 1. The minimum atomic E-state index is 0.222. The van der Waals surface area contributed by atoms with Crippen molar-refractivity contribution in [2.24, 2.45) is 10.7 Å². The Morgan fingerprint density at radius 3 is 2.93 bits per heavy atom. The zero-order valence-electron chi connectivity index (χ0n) is 8.34. The number of ether oxygens (including phenoxy) is 1. The Kier molecular flexibility index (Phi) is 4.91. The summed E-state index contributed by atoms with van der Waals surface area (Å²) in [5.74, 6) is 1.36. The Labute approximate surface area is 102 Å². The Morgan fingerprint density at radius 1 is 1.60 bits per heavy atom. The van der Waals surface area contributed by atoms with Gasteiger partial charge in [-0.3, -0.25) is 0 Å². The molecule has 0 unspecified atom stereocenters. The summed E-state index contributed by atoms with van der Waals surface area (Å²) in [7, 11) is 0. The van der Waals surface area contributed by atoms with Crippen LogP contribution >= 0.6 is 27.5 Å². The average Bonchev–Trinajstić information content (AvgIpc) is 2.23. The molecule has 2 N–H and O–H groups in total. The summed E-state index contributed by atoms with van der Waals surface area (Å²) in [6.45, 7) is 2.53. The molecule has 1 aromatic carbocycles. The van der Waals surface area contributed by atoms with Gasteiger partial charge in [0.25, 0.3) is 0 Å². The van der Waals surface area contributed by atoms with Gasteiger partial charge in [0.2, 0.25) is 0 Å². The maximum absolute atomic E-state index is 5.54. The molecule has 1 rings (SSSR count). The van der Waals surface area contributed by atoms with Crippen LogP contribution < -0.4 is 10.5 Å². The quantitative estimate of drug-likeness (QED) is 0.526. The van der Waals surface area contributed by atoms with Crippen LogP contribution in [0, 0.1) is 0 Å². The van der Waals surface area contributed by atoms with Gasteiger partial charge in [-0.15, -0.1) is 11.6 Å². The summed E-state index contributed by atoms with van der Waals surface area (Å²) >= 11 is 8.92. The van der Waals surface area contributed by atoms with Gasteiger partial charge in [-0.25, -0.2) is 4.99 Å². The Bertz CT molecular complexity index is 368. The van der Waals surface area contributed by atoms with Gasteiger partial charge < -0.3 is 10.5 Å². The lowest BCUT2D eigenvalue weighted by atomic mass is 10.3. The minimum absolute atomic E-state index is 0.222. The van der Waals surface area contributed by atoms with Crippen LogP contribution in [0.3, 0.4) is 0 Å². The number of aliphatic imine (C=N–C) groups is 1. The molecule has 0 aliphatic carbocycles. The molecule has 0 saturated heterocycles. The largest absolute Gasteiger partial charge is 0.493 e. The number of hydrogen-bond acceptors (Lipinski definition) is 2. The van der Waals surface area contributed by atoms with E-state index in [-0.39, 0.29) is 5.88 Å². The fraction of sp³-hybridized carbons (Fsp3) is 0.300.